The van der Waals surface area contributed by atoms with Crippen LogP contribution in [0.2, 0.25) is 0 Å². The molecule has 0 spiro atoms. The van der Waals surface area contributed by atoms with Crippen molar-refractivity contribution in [2.75, 3.05) is 13.2 Å². The maximum Gasteiger partial charge on any atom is 0.387 e. The van der Waals surface area contributed by atoms with E-state index in [1.807, 2.05) is 0 Å². The van der Waals surface area contributed by atoms with E-state index in [0.717, 1.165) is 18.4 Å². The Morgan fingerprint density at radius 2 is 1.84 bits per heavy atom. The molecular weight excluding hydrogens is 254 g/mol. The molecule has 0 unspecified atom stereocenters. The van der Waals surface area contributed by atoms with E-state index in [1.165, 1.54) is 12.1 Å². The summed E-state index contributed by atoms with van der Waals surface area (Å²) in [5.74, 6) is 0.584. The van der Waals surface area contributed by atoms with E-state index < -0.39 is 12.9 Å². The summed E-state index contributed by atoms with van der Waals surface area (Å²) >= 11 is 0. The van der Waals surface area contributed by atoms with E-state index in [2.05, 4.69) is 11.7 Å². The number of benzene rings is 1. The molecule has 1 fully saturated rings. The van der Waals surface area contributed by atoms with E-state index in [0.29, 0.717) is 19.1 Å². The van der Waals surface area contributed by atoms with Crippen molar-refractivity contribution in [3.63, 3.8) is 0 Å². The van der Waals surface area contributed by atoms with Crippen LogP contribution in [-0.2, 0) is 9.47 Å². The Labute approximate surface area is 111 Å². The molecule has 0 aliphatic carbocycles. The summed E-state index contributed by atoms with van der Waals surface area (Å²) in [4.78, 5) is 0. The minimum Gasteiger partial charge on any atom is -0.435 e. The van der Waals surface area contributed by atoms with Crippen LogP contribution in [0.3, 0.4) is 0 Å². The topological polar surface area (TPSA) is 27.7 Å². The third-order valence-corrected chi connectivity index (χ3v) is 3.04. The average Bonchev–Trinajstić information content (AvgIpc) is 2.40. The second-order valence-electron chi connectivity index (χ2n) is 4.60. The molecule has 106 valence electrons. The fraction of sp³-hybridized carbons (Fsp3) is 0.571. The van der Waals surface area contributed by atoms with Crippen molar-refractivity contribution < 1.29 is 23.0 Å². The molecule has 1 aliphatic rings. The lowest BCUT2D eigenvalue weighted by molar-refractivity contribution is -0.206. The average molecular weight is 272 g/mol. The van der Waals surface area contributed by atoms with Crippen LogP contribution in [0.15, 0.2) is 24.3 Å². The second kappa shape index (κ2) is 6.82. The largest absolute Gasteiger partial charge is 0.435 e. The monoisotopic (exact) mass is 272 g/mol. The van der Waals surface area contributed by atoms with E-state index >= 15 is 0 Å². The van der Waals surface area contributed by atoms with Gasteiger partial charge in [-0.05, 0) is 18.6 Å². The van der Waals surface area contributed by atoms with E-state index in [4.69, 9.17) is 9.47 Å². The van der Waals surface area contributed by atoms with Crippen LogP contribution in [0.1, 0.15) is 31.6 Å². The molecule has 1 saturated heterocycles. The lowest BCUT2D eigenvalue weighted by Gasteiger charge is -2.29. The van der Waals surface area contributed by atoms with Crippen molar-refractivity contribution in [2.24, 2.45) is 5.92 Å². The van der Waals surface area contributed by atoms with Crippen LogP contribution >= 0.6 is 0 Å². The van der Waals surface area contributed by atoms with Gasteiger partial charge in [-0.15, -0.1) is 0 Å². The molecule has 1 aliphatic heterocycles. The summed E-state index contributed by atoms with van der Waals surface area (Å²) in [5, 5.41) is 0. The Kier molecular flexibility index (Phi) is 5.10. The molecule has 0 bridgehead atoms. The van der Waals surface area contributed by atoms with Gasteiger partial charge in [0.1, 0.15) is 5.75 Å². The summed E-state index contributed by atoms with van der Waals surface area (Å²) in [7, 11) is 0. The van der Waals surface area contributed by atoms with Crippen LogP contribution in [-0.4, -0.2) is 19.8 Å². The highest BCUT2D eigenvalue weighted by molar-refractivity contribution is 5.28. The van der Waals surface area contributed by atoms with Crippen molar-refractivity contribution in [2.45, 2.75) is 32.7 Å². The summed E-state index contributed by atoms with van der Waals surface area (Å²) in [6.45, 7) is 0.679. The number of alkyl halides is 2. The van der Waals surface area contributed by atoms with Crippen molar-refractivity contribution in [3.05, 3.63) is 29.8 Å². The zero-order chi connectivity index (χ0) is 13.7. The highest BCUT2D eigenvalue weighted by Gasteiger charge is 2.22. The molecule has 1 aromatic carbocycles. The Morgan fingerprint density at radius 1 is 1.21 bits per heavy atom. The number of rotatable bonds is 5. The van der Waals surface area contributed by atoms with Gasteiger partial charge in [-0.2, -0.15) is 8.78 Å². The molecule has 0 atom stereocenters. The van der Waals surface area contributed by atoms with Crippen LogP contribution < -0.4 is 4.74 Å². The van der Waals surface area contributed by atoms with Crippen LogP contribution in [0, 0.1) is 5.92 Å². The first-order chi connectivity index (χ1) is 9.19. The van der Waals surface area contributed by atoms with Gasteiger partial charge in [0.15, 0.2) is 6.29 Å². The first-order valence-corrected chi connectivity index (χ1v) is 6.47. The van der Waals surface area contributed by atoms with E-state index in [1.54, 1.807) is 12.1 Å². The molecule has 1 heterocycles. The zero-order valence-corrected chi connectivity index (χ0v) is 10.9. The molecular formula is C14H18F2O3. The maximum atomic E-state index is 12.0. The lowest BCUT2D eigenvalue weighted by Crippen LogP contribution is -2.26. The third-order valence-electron chi connectivity index (χ3n) is 3.04. The number of hydrogen-bond acceptors (Lipinski definition) is 3. The van der Waals surface area contributed by atoms with Crippen LogP contribution in [0.4, 0.5) is 8.78 Å². The van der Waals surface area contributed by atoms with Crippen molar-refractivity contribution in [1.82, 2.24) is 0 Å². The van der Waals surface area contributed by atoms with Gasteiger partial charge in [0, 0.05) is 11.5 Å². The van der Waals surface area contributed by atoms with Gasteiger partial charge in [-0.1, -0.05) is 25.5 Å². The van der Waals surface area contributed by atoms with Gasteiger partial charge in [0.2, 0.25) is 0 Å². The predicted molar refractivity (Wildman–Crippen MR) is 66.1 cm³/mol. The number of halogens is 2. The summed E-state index contributed by atoms with van der Waals surface area (Å²) in [5.41, 5.74) is 0.816. The van der Waals surface area contributed by atoms with E-state index in [9.17, 15) is 8.78 Å². The molecule has 19 heavy (non-hydrogen) atoms. The third kappa shape index (κ3) is 4.14. The van der Waals surface area contributed by atoms with Crippen molar-refractivity contribution >= 4 is 0 Å². The van der Waals surface area contributed by atoms with Gasteiger partial charge < -0.3 is 14.2 Å². The van der Waals surface area contributed by atoms with Crippen molar-refractivity contribution in [1.29, 1.82) is 0 Å². The molecule has 3 nitrogen and oxygen atoms in total. The van der Waals surface area contributed by atoms with Gasteiger partial charge >= 0.3 is 6.61 Å². The van der Waals surface area contributed by atoms with Crippen molar-refractivity contribution in [3.8, 4) is 5.75 Å². The quantitative estimate of drug-likeness (QED) is 0.817. The summed E-state index contributed by atoms with van der Waals surface area (Å²) in [6.07, 6.45) is 1.80. The molecule has 5 heteroatoms. The second-order valence-corrected chi connectivity index (χ2v) is 4.60. The van der Waals surface area contributed by atoms with Crippen LogP contribution in [0.5, 0.6) is 5.75 Å². The number of hydrogen-bond donors (Lipinski definition) is 0. The highest BCUT2D eigenvalue weighted by Crippen LogP contribution is 2.28. The van der Waals surface area contributed by atoms with Crippen LogP contribution in [0.25, 0.3) is 0 Å². The smallest absolute Gasteiger partial charge is 0.387 e. The SMILES string of the molecule is CCCC1COC(c2ccc(OC(F)F)cc2)OC1. The molecule has 2 rings (SSSR count). The Morgan fingerprint density at radius 3 is 2.37 bits per heavy atom. The zero-order valence-electron chi connectivity index (χ0n) is 10.9. The molecule has 0 N–H and O–H groups in total. The molecule has 0 radical (unpaired) electrons. The van der Waals surface area contributed by atoms with E-state index in [-0.39, 0.29) is 5.75 Å². The van der Waals surface area contributed by atoms with Gasteiger partial charge in [0.25, 0.3) is 0 Å². The molecule has 0 aromatic heterocycles. The maximum absolute atomic E-state index is 12.0. The molecule has 0 saturated carbocycles. The number of ether oxygens (including phenoxy) is 3. The fourth-order valence-corrected chi connectivity index (χ4v) is 2.12. The predicted octanol–water partition coefficient (Wildman–Crippen LogP) is 3.75. The van der Waals surface area contributed by atoms with Gasteiger partial charge in [-0.25, -0.2) is 0 Å². The Bertz CT molecular complexity index is 373. The van der Waals surface area contributed by atoms with Gasteiger partial charge in [-0.3, -0.25) is 0 Å². The Hall–Kier alpha value is -1.20. The van der Waals surface area contributed by atoms with Gasteiger partial charge in [0.05, 0.1) is 13.2 Å². The minimum absolute atomic E-state index is 0.137. The minimum atomic E-state index is -2.80. The first kappa shape index (κ1) is 14.2. The molecule has 0 amide bonds. The standard InChI is InChI=1S/C14H18F2O3/c1-2-3-10-8-17-13(18-9-10)11-4-6-12(7-5-11)19-14(15)16/h4-7,10,13-14H,2-3,8-9H2,1H3. The molecule has 1 aromatic rings. The first-order valence-electron chi connectivity index (χ1n) is 6.47. The lowest BCUT2D eigenvalue weighted by atomic mass is 10.1. The fourth-order valence-electron chi connectivity index (χ4n) is 2.12. The highest BCUT2D eigenvalue weighted by atomic mass is 19.3. The Balaban J connectivity index is 1.89. The summed E-state index contributed by atoms with van der Waals surface area (Å²) in [6, 6.07) is 6.35. The summed E-state index contributed by atoms with van der Waals surface area (Å²) < 4.78 is 39.6. The normalized spacial score (nSPS) is 23.6.